The summed E-state index contributed by atoms with van der Waals surface area (Å²) in [6.45, 7) is 2.18. The van der Waals surface area contributed by atoms with Crippen LogP contribution in [-0.4, -0.2) is 7.05 Å². The van der Waals surface area contributed by atoms with Crippen LogP contribution in [0.4, 0.5) is 0 Å². The molecule has 20 heavy (non-hydrogen) atoms. The summed E-state index contributed by atoms with van der Waals surface area (Å²) in [5, 5.41) is 4.19. The van der Waals surface area contributed by atoms with Gasteiger partial charge in [0.05, 0.1) is 0 Å². The second kappa shape index (κ2) is 7.43. The molecule has 3 heteroatoms. The summed E-state index contributed by atoms with van der Waals surface area (Å²) in [7, 11) is 2.00. The average Bonchev–Trinajstić information content (AvgIpc) is 2.48. The van der Waals surface area contributed by atoms with Crippen molar-refractivity contribution in [3.05, 3.63) is 67.7 Å². The minimum absolute atomic E-state index is 0.285. The van der Waals surface area contributed by atoms with Crippen LogP contribution < -0.4 is 5.32 Å². The molecule has 0 spiro atoms. The Labute approximate surface area is 139 Å². The highest BCUT2D eigenvalue weighted by atomic mass is 127. The van der Waals surface area contributed by atoms with Crippen LogP contribution in [0.5, 0.6) is 0 Å². The molecule has 0 aliphatic carbocycles. The molecule has 1 unspecified atom stereocenters. The largest absolute Gasteiger partial charge is 0.313 e. The van der Waals surface area contributed by atoms with Crippen LogP contribution in [0.25, 0.3) is 0 Å². The predicted molar refractivity (Wildman–Crippen MR) is 95.5 cm³/mol. The van der Waals surface area contributed by atoms with Crippen molar-refractivity contribution < 1.29 is 0 Å². The van der Waals surface area contributed by atoms with Crippen LogP contribution in [0.1, 0.15) is 29.7 Å². The number of hydrogen-bond acceptors (Lipinski definition) is 1. The molecule has 0 saturated carbocycles. The molecule has 1 N–H and O–H groups in total. The summed E-state index contributed by atoms with van der Waals surface area (Å²) < 4.78 is 1.25. The highest BCUT2D eigenvalue weighted by Gasteiger charge is 2.13. The van der Waals surface area contributed by atoms with E-state index in [-0.39, 0.29) is 6.04 Å². The van der Waals surface area contributed by atoms with Crippen LogP contribution in [0.15, 0.2) is 42.5 Å². The lowest BCUT2D eigenvalue weighted by Crippen LogP contribution is -2.20. The molecule has 0 fully saturated rings. The predicted octanol–water partition coefficient (Wildman–Crippen LogP) is 5.01. The Bertz CT molecular complexity index is 566. The summed E-state index contributed by atoms with van der Waals surface area (Å²) in [6, 6.07) is 15.2. The molecule has 2 aromatic carbocycles. The molecule has 2 rings (SSSR count). The molecular formula is C17H19ClIN. The second-order valence-corrected chi connectivity index (χ2v) is 6.48. The van der Waals surface area contributed by atoms with Gasteiger partial charge in [0.15, 0.2) is 0 Å². The number of benzene rings is 2. The zero-order chi connectivity index (χ0) is 14.5. The number of nitrogens with one attached hydrogen (secondary N) is 1. The third kappa shape index (κ3) is 3.96. The fourth-order valence-electron chi connectivity index (χ4n) is 2.30. The van der Waals surface area contributed by atoms with E-state index < -0.39 is 0 Å². The lowest BCUT2D eigenvalue weighted by molar-refractivity contribution is 0.589. The van der Waals surface area contributed by atoms with E-state index in [0.29, 0.717) is 0 Å². The molecule has 0 aliphatic heterocycles. The molecular weight excluding hydrogens is 381 g/mol. The first-order valence-corrected chi connectivity index (χ1v) is 8.29. The smallest absolute Gasteiger partial charge is 0.0410 e. The Kier molecular flexibility index (Phi) is 5.87. The quantitative estimate of drug-likeness (QED) is 0.697. The van der Waals surface area contributed by atoms with Crippen LogP contribution in [-0.2, 0) is 12.8 Å². The monoisotopic (exact) mass is 399 g/mol. The van der Waals surface area contributed by atoms with E-state index in [4.69, 9.17) is 11.6 Å². The van der Waals surface area contributed by atoms with Crippen molar-refractivity contribution in [3.8, 4) is 0 Å². The van der Waals surface area contributed by atoms with Crippen LogP contribution in [0.3, 0.4) is 0 Å². The van der Waals surface area contributed by atoms with Gasteiger partial charge in [-0.2, -0.15) is 0 Å². The molecule has 1 atom stereocenters. The van der Waals surface area contributed by atoms with Gasteiger partial charge >= 0.3 is 0 Å². The van der Waals surface area contributed by atoms with E-state index >= 15 is 0 Å². The summed E-state index contributed by atoms with van der Waals surface area (Å²) in [5.74, 6) is 0. The van der Waals surface area contributed by atoms with Gasteiger partial charge in [-0.05, 0) is 77.4 Å². The van der Waals surface area contributed by atoms with Crippen molar-refractivity contribution in [2.75, 3.05) is 7.05 Å². The zero-order valence-corrected chi connectivity index (χ0v) is 14.7. The van der Waals surface area contributed by atoms with E-state index in [0.717, 1.165) is 17.9 Å². The van der Waals surface area contributed by atoms with Gasteiger partial charge in [0, 0.05) is 14.6 Å². The van der Waals surface area contributed by atoms with Crippen LogP contribution in [0.2, 0.25) is 5.02 Å². The van der Waals surface area contributed by atoms with Crippen LogP contribution >= 0.6 is 34.2 Å². The number of aryl methyl sites for hydroxylation is 1. The third-order valence-corrected chi connectivity index (χ3v) is 4.77. The first-order chi connectivity index (χ1) is 9.63. The molecule has 0 heterocycles. The highest BCUT2D eigenvalue weighted by Crippen LogP contribution is 2.26. The maximum Gasteiger partial charge on any atom is 0.0410 e. The third-order valence-electron chi connectivity index (χ3n) is 3.55. The van der Waals surface area contributed by atoms with Gasteiger partial charge in [-0.3, -0.25) is 0 Å². The minimum Gasteiger partial charge on any atom is -0.313 e. The van der Waals surface area contributed by atoms with E-state index in [1.165, 1.54) is 20.3 Å². The summed E-state index contributed by atoms with van der Waals surface area (Å²) >= 11 is 8.50. The molecule has 2 aromatic rings. The Morgan fingerprint density at radius 1 is 1.10 bits per heavy atom. The Balaban J connectivity index is 2.21. The molecule has 0 aliphatic rings. The standard InChI is InChI=1S/C17H19ClIN/c1-3-12-4-6-13(7-5-12)10-17(20-2)15-11-14(18)8-9-16(15)19/h4-9,11,17,20H,3,10H2,1-2H3. The zero-order valence-electron chi connectivity index (χ0n) is 11.8. The summed E-state index contributed by atoms with van der Waals surface area (Å²) in [4.78, 5) is 0. The fourth-order valence-corrected chi connectivity index (χ4v) is 3.19. The molecule has 0 saturated heterocycles. The van der Waals surface area contributed by atoms with Crippen LogP contribution in [0, 0.1) is 3.57 Å². The molecule has 0 radical (unpaired) electrons. The molecule has 0 amide bonds. The van der Waals surface area contributed by atoms with Crippen molar-refractivity contribution in [2.45, 2.75) is 25.8 Å². The van der Waals surface area contributed by atoms with Gasteiger partial charge in [0.1, 0.15) is 0 Å². The Morgan fingerprint density at radius 3 is 2.35 bits per heavy atom. The average molecular weight is 400 g/mol. The Morgan fingerprint density at radius 2 is 1.75 bits per heavy atom. The number of rotatable bonds is 5. The van der Waals surface area contributed by atoms with E-state index in [2.05, 4.69) is 71.2 Å². The van der Waals surface area contributed by atoms with Gasteiger partial charge in [-0.15, -0.1) is 0 Å². The second-order valence-electron chi connectivity index (χ2n) is 4.88. The van der Waals surface area contributed by atoms with E-state index in [9.17, 15) is 0 Å². The van der Waals surface area contributed by atoms with Crippen molar-refractivity contribution in [1.82, 2.24) is 5.32 Å². The van der Waals surface area contributed by atoms with Gasteiger partial charge < -0.3 is 5.32 Å². The maximum atomic E-state index is 6.13. The van der Waals surface area contributed by atoms with Crippen molar-refractivity contribution in [2.24, 2.45) is 0 Å². The highest BCUT2D eigenvalue weighted by molar-refractivity contribution is 14.1. The molecule has 0 aromatic heterocycles. The van der Waals surface area contributed by atoms with E-state index in [1.807, 2.05) is 13.1 Å². The molecule has 106 valence electrons. The lowest BCUT2D eigenvalue weighted by Gasteiger charge is -2.19. The van der Waals surface area contributed by atoms with Crippen molar-refractivity contribution in [1.29, 1.82) is 0 Å². The summed E-state index contributed by atoms with van der Waals surface area (Å²) in [5.41, 5.74) is 3.99. The van der Waals surface area contributed by atoms with Crippen molar-refractivity contribution >= 4 is 34.2 Å². The van der Waals surface area contributed by atoms with Gasteiger partial charge in [0.2, 0.25) is 0 Å². The first-order valence-electron chi connectivity index (χ1n) is 6.84. The van der Waals surface area contributed by atoms with Gasteiger partial charge in [-0.1, -0.05) is 42.8 Å². The fraction of sp³-hybridized carbons (Fsp3) is 0.294. The van der Waals surface area contributed by atoms with Gasteiger partial charge in [-0.25, -0.2) is 0 Å². The molecule has 1 nitrogen and oxygen atoms in total. The topological polar surface area (TPSA) is 12.0 Å². The number of hydrogen-bond donors (Lipinski definition) is 1. The summed E-state index contributed by atoms with van der Waals surface area (Å²) in [6.07, 6.45) is 2.05. The first kappa shape index (κ1) is 15.8. The van der Waals surface area contributed by atoms with E-state index in [1.54, 1.807) is 0 Å². The SMILES string of the molecule is CCc1ccc(CC(NC)c2cc(Cl)ccc2I)cc1. The maximum absolute atomic E-state index is 6.13. The lowest BCUT2D eigenvalue weighted by atomic mass is 9.98. The Hall–Kier alpha value is -0.580. The van der Waals surface area contributed by atoms with Crippen molar-refractivity contribution in [3.63, 3.8) is 0 Å². The molecule has 0 bridgehead atoms. The number of halogens is 2. The normalized spacial score (nSPS) is 12.4. The number of likely N-dealkylation sites (N-methyl/N-ethyl adjacent to an activating group) is 1. The minimum atomic E-state index is 0.285. The van der Waals surface area contributed by atoms with Gasteiger partial charge in [0.25, 0.3) is 0 Å².